The van der Waals surface area contributed by atoms with Crippen LogP contribution in [0.15, 0.2) is 27.5 Å². The van der Waals surface area contributed by atoms with Crippen molar-refractivity contribution in [3.05, 3.63) is 23.8 Å². The molecule has 0 unspecified atom stereocenters. The van der Waals surface area contributed by atoms with Crippen molar-refractivity contribution in [3.63, 3.8) is 0 Å². The number of amides is 2. The molecular weight excluding hydrogens is 356 g/mol. The van der Waals surface area contributed by atoms with Gasteiger partial charge in [0.1, 0.15) is 4.90 Å². The summed E-state index contributed by atoms with van der Waals surface area (Å²) >= 11 is 0. The third-order valence-corrected chi connectivity index (χ3v) is 5.43. The first kappa shape index (κ1) is 18.6. The number of aryl methyl sites for hydroxylation is 1. The van der Waals surface area contributed by atoms with Crippen LogP contribution < -0.4 is 5.32 Å². The van der Waals surface area contributed by atoms with Gasteiger partial charge in [-0.25, -0.2) is 4.79 Å². The predicted octanol–water partition coefficient (Wildman–Crippen LogP) is 2.63. The molecule has 24 heavy (non-hydrogen) atoms. The smallest absolute Gasteiger partial charge is 0.304 e. The van der Waals surface area contributed by atoms with Crippen molar-refractivity contribution in [3.8, 4) is 0 Å². The number of carbonyl (C=O) groups is 1. The highest BCUT2D eigenvalue weighted by Gasteiger charge is 2.27. The number of anilines is 1. The van der Waals surface area contributed by atoms with Gasteiger partial charge in [-0.15, -0.1) is 0 Å². The second-order valence-electron chi connectivity index (χ2n) is 5.50. The van der Waals surface area contributed by atoms with Crippen LogP contribution >= 0.6 is 0 Å². The molecule has 0 atom stereocenters. The minimum absolute atomic E-state index is 0.0347. The predicted molar refractivity (Wildman–Crippen MR) is 86.7 cm³/mol. The zero-order valence-electron chi connectivity index (χ0n) is 13.1. The number of hydrogen-bond acceptors (Lipinski definition) is 6. The normalized spacial score (nSPS) is 15.7. The second kappa shape index (κ2) is 7.86. The van der Waals surface area contributed by atoms with Crippen molar-refractivity contribution in [1.82, 2.24) is 0 Å². The van der Waals surface area contributed by atoms with E-state index in [0.29, 0.717) is 18.4 Å². The fourth-order valence-corrected chi connectivity index (χ4v) is 4.14. The number of nitrogens with one attached hydrogen (secondary N) is 1. The Morgan fingerprint density at radius 1 is 1.25 bits per heavy atom. The third-order valence-electron chi connectivity index (χ3n) is 3.71. The van der Waals surface area contributed by atoms with Crippen molar-refractivity contribution in [2.75, 3.05) is 5.32 Å². The van der Waals surface area contributed by atoms with E-state index in [1.165, 1.54) is 12.1 Å². The van der Waals surface area contributed by atoms with Gasteiger partial charge in [-0.1, -0.05) is 35.8 Å². The second-order valence-corrected chi connectivity index (χ2v) is 7.65. The van der Waals surface area contributed by atoms with Crippen molar-refractivity contribution in [2.24, 2.45) is 4.36 Å². The van der Waals surface area contributed by atoms with Gasteiger partial charge in [0.25, 0.3) is 10.1 Å². The number of nitrogens with zero attached hydrogens (tertiary/aromatic N) is 1. The van der Waals surface area contributed by atoms with Crippen LogP contribution in [0.1, 0.15) is 37.7 Å². The quantitative estimate of drug-likeness (QED) is 0.809. The van der Waals surface area contributed by atoms with Crippen LogP contribution in [0.25, 0.3) is 0 Å². The third kappa shape index (κ3) is 4.86. The molecule has 2 rings (SSSR count). The molecule has 1 N–H and O–H groups in total. The van der Waals surface area contributed by atoms with Gasteiger partial charge in [0.15, 0.2) is 0 Å². The summed E-state index contributed by atoms with van der Waals surface area (Å²) in [4.78, 5) is 11.3. The van der Waals surface area contributed by atoms with Gasteiger partial charge in [-0.3, -0.25) is 4.18 Å². The Kier molecular flexibility index (Phi) is 6.08. The van der Waals surface area contributed by atoms with E-state index >= 15 is 0 Å². The van der Waals surface area contributed by atoms with Gasteiger partial charge >= 0.3 is 16.5 Å². The molecule has 8 nitrogen and oxygen atoms in total. The van der Waals surface area contributed by atoms with E-state index in [2.05, 4.69) is 9.68 Å². The molecule has 0 aliphatic heterocycles. The summed E-state index contributed by atoms with van der Waals surface area (Å²) in [6.07, 6.45) is 3.82. The first-order chi connectivity index (χ1) is 11.3. The molecule has 1 aromatic rings. The molecule has 0 bridgehead atoms. The van der Waals surface area contributed by atoms with Crippen molar-refractivity contribution in [1.29, 1.82) is 0 Å². The maximum absolute atomic E-state index is 12.6. The van der Waals surface area contributed by atoms with E-state index < -0.39 is 26.6 Å². The first-order valence-electron chi connectivity index (χ1n) is 7.44. The van der Waals surface area contributed by atoms with Gasteiger partial charge < -0.3 is 5.32 Å². The van der Waals surface area contributed by atoms with Crippen LogP contribution in [0.4, 0.5) is 10.5 Å². The average Bonchev–Trinajstić information content (AvgIpc) is 2.49. The molecule has 0 aromatic heterocycles. The Balaban J connectivity index is 2.33. The van der Waals surface area contributed by atoms with E-state index in [-0.39, 0.29) is 16.7 Å². The molecule has 1 saturated carbocycles. The SMILES string of the molecule is Cc1cccc(S(=O)(=O)OC2CCCCC2)c1NC(=O)N=S(=O)=O. The summed E-state index contributed by atoms with van der Waals surface area (Å²) < 4.78 is 54.1. The summed E-state index contributed by atoms with van der Waals surface area (Å²) in [5.74, 6) is 0. The minimum Gasteiger partial charge on any atom is -0.304 e. The fraction of sp³-hybridized carbons (Fsp3) is 0.500. The Hall–Kier alpha value is -1.78. The molecule has 0 spiro atoms. The highest BCUT2D eigenvalue weighted by atomic mass is 32.2. The Morgan fingerprint density at radius 2 is 1.92 bits per heavy atom. The Labute approximate surface area is 142 Å². The van der Waals surface area contributed by atoms with Gasteiger partial charge in [-0.2, -0.15) is 16.8 Å². The molecule has 1 aromatic carbocycles. The van der Waals surface area contributed by atoms with Crippen LogP contribution in [-0.2, 0) is 24.8 Å². The van der Waals surface area contributed by atoms with E-state index in [0.717, 1.165) is 19.3 Å². The number of para-hydroxylation sites is 1. The van der Waals surface area contributed by atoms with E-state index in [1.807, 2.05) is 0 Å². The molecule has 10 heteroatoms. The summed E-state index contributed by atoms with van der Waals surface area (Å²) in [6.45, 7) is 1.59. The monoisotopic (exact) mass is 374 g/mol. The van der Waals surface area contributed by atoms with Crippen molar-refractivity contribution in [2.45, 2.75) is 50.0 Å². The van der Waals surface area contributed by atoms with E-state index in [9.17, 15) is 21.6 Å². The fourth-order valence-electron chi connectivity index (χ4n) is 2.60. The molecule has 1 aliphatic rings. The van der Waals surface area contributed by atoms with Gasteiger partial charge in [0, 0.05) is 0 Å². The van der Waals surface area contributed by atoms with Crippen LogP contribution in [0.3, 0.4) is 0 Å². The molecule has 0 radical (unpaired) electrons. The number of carbonyl (C=O) groups excluding carboxylic acids is 1. The maximum atomic E-state index is 12.6. The average molecular weight is 374 g/mol. The lowest BCUT2D eigenvalue weighted by atomic mass is 9.98. The number of benzene rings is 1. The van der Waals surface area contributed by atoms with Crippen molar-refractivity contribution < 1.29 is 25.8 Å². The number of urea groups is 1. The van der Waals surface area contributed by atoms with E-state index in [1.54, 1.807) is 13.0 Å². The number of hydrogen-bond donors (Lipinski definition) is 1. The largest absolute Gasteiger partial charge is 0.360 e. The highest BCUT2D eigenvalue weighted by molar-refractivity contribution is 7.87. The van der Waals surface area contributed by atoms with Crippen LogP contribution in [0, 0.1) is 6.92 Å². The van der Waals surface area contributed by atoms with Crippen LogP contribution in [-0.4, -0.2) is 29.0 Å². The highest BCUT2D eigenvalue weighted by Crippen LogP contribution is 2.30. The van der Waals surface area contributed by atoms with Crippen LogP contribution in [0.5, 0.6) is 0 Å². The number of rotatable bonds is 4. The Bertz CT molecular complexity index is 847. The maximum Gasteiger partial charge on any atom is 0.360 e. The standard InChI is InChI=1S/C14H18N2O6S2/c1-10-6-5-9-12(13(10)15-14(17)16-23(18)19)24(20,21)22-11-7-3-2-4-8-11/h5-6,9,11H,2-4,7-8H2,1H3,(H,15,17). The Morgan fingerprint density at radius 3 is 2.54 bits per heavy atom. The van der Waals surface area contributed by atoms with Crippen molar-refractivity contribution >= 4 is 32.3 Å². The van der Waals surface area contributed by atoms with E-state index in [4.69, 9.17) is 4.18 Å². The summed E-state index contributed by atoms with van der Waals surface area (Å²) in [6, 6.07) is 3.23. The molecule has 0 heterocycles. The van der Waals surface area contributed by atoms with Crippen LogP contribution in [0.2, 0.25) is 0 Å². The van der Waals surface area contributed by atoms with Gasteiger partial charge in [0.05, 0.1) is 11.8 Å². The first-order valence-corrected chi connectivity index (χ1v) is 9.88. The van der Waals surface area contributed by atoms with Gasteiger partial charge in [-0.05, 0) is 31.4 Å². The molecular formula is C14H18N2O6S2. The lowest BCUT2D eigenvalue weighted by molar-refractivity contribution is 0.162. The summed E-state index contributed by atoms with van der Waals surface area (Å²) in [7, 11) is -7.02. The van der Waals surface area contributed by atoms with Gasteiger partial charge in [0.2, 0.25) is 0 Å². The molecule has 1 aliphatic carbocycles. The zero-order valence-corrected chi connectivity index (χ0v) is 14.7. The zero-order chi connectivity index (χ0) is 17.7. The molecule has 1 fully saturated rings. The lowest BCUT2D eigenvalue weighted by Crippen LogP contribution is -2.22. The molecule has 2 amide bonds. The molecule has 132 valence electrons. The summed E-state index contributed by atoms with van der Waals surface area (Å²) in [5.41, 5.74) is 0.413. The summed E-state index contributed by atoms with van der Waals surface area (Å²) in [5, 5.41) is 2.20. The topological polar surface area (TPSA) is 119 Å². The molecule has 0 saturated heterocycles. The lowest BCUT2D eigenvalue weighted by Gasteiger charge is -2.22. The minimum atomic E-state index is -4.10.